The van der Waals surface area contributed by atoms with Crippen LogP contribution in [0.5, 0.6) is 0 Å². The second kappa shape index (κ2) is 6.40. The second-order valence-corrected chi connectivity index (χ2v) is 4.35. The molecule has 1 aromatic rings. The predicted molar refractivity (Wildman–Crippen MR) is 70.8 cm³/mol. The first-order valence-electron chi connectivity index (χ1n) is 5.93. The minimum absolute atomic E-state index is 0.101. The number of nitrogens with zero attached hydrogens (tertiary/aromatic N) is 1. The van der Waals surface area contributed by atoms with Gasteiger partial charge in [0.15, 0.2) is 5.78 Å². The van der Waals surface area contributed by atoms with Gasteiger partial charge in [0, 0.05) is 30.9 Å². The van der Waals surface area contributed by atoms with E-state index in [4.69, 9.17) is 4.74 Å². The average molecular weight is 235 g/mol. The molecule has 0 bridgehead atoms. The Morgan fingerprint density at radius 3 is 2.53 bits per heavy atom. The third kappa shape index (κ3) is 3.56. The standard InChI is InChI=1S/C14H21NO2/c1-11(2)15(9-10-17-4)14-8-6-5-7-13(14)12(3)16/h5-8,11H,9-10H2,1-4H3. The summed E-state index contributed by atoms with van der Waals surface area (Å²) in [6.07, 6.45) is 0. The van der Waals surface area contributed by atoms with Crippen molar-refractivity contribution in [3.05, 3.63) is 29.8 Å². The molecule has 0 N–H and O–H groups in total. The van der Waals surface area contributed by atoms with Crippen molar-refractivity contribution in [2.75, 3.05) is 25.2 Å². The lowest BCUT2D eigenvalue weighted by Gasteiger charge is -2.30. The molecule has 0 aliphatic heterocycles. The summed E-state index contributed by atoms with van der Waals surface area (Å²) in [7, 11) is 1.69. The van der Waals surface area contributed by atoms with Crippen molar-refractivity contribution in [1.29, 1.82) is 0 Å². The Balaban J connectivity index is 3.04. The molecule has 0 aliphatic rings. The Morgan fingerprint density at radius 2 is 2.00 bits per heavy atom. The van der Waals surface area contributed by atoms with Crippen molar-refractivity contribution in [2.24, 2.45) is 0 Å². The molecule has 0 amide bonds. The summed E-state index contributed by atoms with van der Waals surface area (Å²) < 4.78 is 5.12. The Hall–Kier alpha value is -1.35. The Labute approximate surface area is 103 Å². The number of rotatable bonds is 6. The number of hydrogen-bond donors (Lipinski definition) is 0. The van der Waals surface area contributed by atoms with Gasteiger partial charge in [-0.25, -0.2) is 0 Å². The molecule has 0 heterocycles. The third-order valence-electron chi connectivity index (χ3n) is 2.75. The smallest absolute Gasteiger partial charge is 0.161 e. The van der Waals surface area contributed by atoms with Crippen molar-refractivity contribution in [2.45, 2.75) is 26.8 Å². The topological polar surface area (TPSA) is 29.5 Å². The van der Waals surface area contributed by atoms with Gasteiger partial charge in [0.25, 0.3) is 0 Å². The zero-order chi connectivity index (χ0) is 12.8. The van der Waals surface area contributed by atoms with Crippen LogP contribution < -0.4 is 4.90 Å². The fourth-order valence-electron chi connectivity index (χ4n) is 1.87. The quantitative estimate of drug-likeness (QED) is 0.710. The Bertz CT molecular complexity index is 374. The summed E-state index contributed by atoms with van der Waals surface area (Å²) >= 11 is 0. The van der Waals surface area contributed by atoms with Gasteiger partial charge in [-0.2, -0.15) is 0 Å². The van der Waals surface area contributed by atoms with Crippen molar-refractivity contribution in [3.63, 3.8) is 0 Å². The van der Waals surface area contributed by atoms with Gasteiger partial charge in [-0.3, -0.25) is 4.79 Å². The van der Waals surface area contributed by atoms with Crippen LogP contribution >= 0.6 is 0 Å². The minimum Gasteiger partial charge on any atom is -0.383 e. The monoisotopic (exact) mass is 235 g/mol. The van der Waals surface area contributed by atoms with Crippen molar-refractivity contribution in [3.8, 4) is 0 Å². The van der Waals surface area contributed by atoms with Gasteiger partial charge in [-0.15, -0.1) is 0 Å². The van der Waals surface area contributed by atoms with E-state index in [1.54, 1.807) is 14.0 Å². The maximum absolute atomic E-state index is 11.6. The van der Waals surface area contributed by atoms with E-state index in [0.717, 1.165) is 17.8 Å². The molecule has 3 nitrogen and oxygen atoms in total. The van der Waals surface area contributed by atoms with Crippen molar-refractivity contribution >= 4 is 11.5 Å². The highest BCUT2D eigenvalue weighted by Crippen LogP contribution is 2.22. The van der Waals surface area contributed by atoms with Crippen LogP contribution in [0.25, 0.3) is 0 Å². The van der Waals surface area contributed by atoms with Gasteiger partial charge < -0.3 is 9.64 Å². The van der Waals surface area contributed by atoms with E-state index in [2.05, 4.69) is 18.7 Å². The molecule has 0 saturated carbocycles. The van der Waals surface area contributed by atoms with Gasteiger partial charge in [0.1, 0.15) is 0 Å². The lowest BCUT2D eigenvalue weighted by Crippen LogP contribution is -2.34. The molecule has 0 unspecified atom stereocenters. The SMILES string of the molecule is COCCN(c1ccccc1C(C)=O)C(C)C. The summed E-state index contributed by atoms with van der Waals surface area (Å²) in [6.45, 7) is 7.29. The molecule has 94 valence electrons. The number of Topliss-reactive ketones (excluding diaryl/α,β-unsaturated/α-hetero) is 1. The normalized spacial score (nSPS) is 10.6. The lowest BCUT2D eigenvalue weighted by atomic mass is 10.1. The van der Waals surface area contributed by atoms with E-state index < -0.39 is 0 Å². The molecular formula is C14H21NO2. The van der Waals surface area contributed by atoms with Crippen LogP contribution in [0.2, 0.25) is 0 Å². The number of carbonyl (C=O) groups is 1. The molecule has 0 fully saturated rings. The summed E-state index contributed by atoms with van der Waals surface area (Å²) in [5, 5.41) is 0. The Morgan fingerprint density at radius 1 is 1.35 bits per heavy atom. The molecule has 0 aromatic heterocycles. The van der Waals surface area contributed by atoms with Crippen LogP contribution in [0.15, 0.2) is 24.3 Å². The highest BCUT2D eigenvalue weighted by molar-refractivity contribution is 5.99. The number of ketones is 1. The molecule has 0 atom stereocenters. The van der Waals surface area contributed by atoms with E-state index in [1.807, 2.05) is 24.3 Å². The fourth-order valence-corrected chi connectivity index (χ4v) is 1.87. The van der Waals surface area contributed by atoms with Gasteiger partial charge in [-0.05, 0) is 32.9 Å². The number of methoxy groups -OCH3 is 1. The van der Waals surface area contributed by atoms with Gasteiger partial charge in [0.2, 0.25) is 0 Å². The van der Waals surface area contributed by atoms with Gasteiger partial charge in [0.05, 0.1) is 6.61 Å². The Kier molecular flexibility index (Phi) is 5.16. The molecule has 1 aromatic carbocycles. The maximum atomic E-state index is 11.6. The first kappa shape index (κ1) is 13.7. The zero-order valence-electron chi connectivity index (χ0n) is 11.1. The first-order valence-corrected chi connectivity index (χ1v) is 5.93. The number of anilines is 1. The molecule has 0 saturated heterocycles. The molecule has 0 aliphatic carbocycles. The largest absolute Gasteiger partial charge is 0.383 e. The van der Waals surface area contributed by atoms with Crippen LogP contribution in [-0.2, 0) is 4.74 Å². The van der Waals surface area contributed by atoms with E-state index >= 15 is 0 Å². The van der Waals surface area contributed by atoms with E-state index in [1.165, 1.54) is 0 Å². The van der Waals surface area contributed by atoms with Crippen molar-refractivity contribution < 1.29 is 9.53 Å². The van der Waals surface area contributed by atoms with E-state index in [-0.39, 0.29) is 5.78 Å². The van der Waals surface area contributed by atoms with Crippen LogP contribution in [0.3, 0.4) is 0 Å². The third-order valence-corrected chi connectivity index (χ3v) is 2.75. The number of ether oxygens (including phenoxy) is 1. The minimum atomic E-state index is 0.101. The molecule has 3 heteroatoms. The predicted octanol–water partition coefficient (Wildman–Crippen LogP) is 2.75. The lowest BCUT2D eigenvalue weighted by molar-refractivity contribution is 0.101. The molecule has 0 radical (unpaired) electrons. The zero-order valence-corrected chi connectivity index (χ0v) is 11.1. The number of carbonyl (C=O) groups excluding carboxylic acids is 1. The van der Waals surface area contributed by atoms with Gasteiger partial charge >= 0.3 is 0 Å². The van der Waals surface area contributed by atoms with Crippen LogP contribution in [-0.4, -0.2) is 32.1 Å². The number of benzene rings is 1. The van der Waals surface area contributed by atoms with Crippen LogP contribution in [0.1, 0.15) is 31.1 Å². The van der Waals surface area contributed by atoms with E-state index in [0.29, 0.717) is 12.6 Å². The molecule has 0 spiro atoms. The second-order valence-electron chi connectivity index (χ2n) is 4.35. The first-order chi connectivity index (χ1) is 8.07. The van der Waals surface area contributed by atoms with Gasteiger partial charge in [-0.1, -0.05) is 12.1 Å². The maximum Gasteiger partial charge on any atom is 0.161 e. The summed E-state index contributed by atoms with van der Waals surface area (Å²) in [5.74, 6) is 0.101. The van der Waals surface area contributed by atoms with Crippen molar-refractivity contribution in [1.82, 2.24) is 0 Å². The fraction of sp³-hybridized carbons (Fsp3) is 0.500. The van der Waals surface area contributed by atoms with Crippen LogP contribution in [0, 0.1) is 0 Å². The highest BCUT2D eigenvalue weighted by atomic mass is 16.5. The average Bonchev–Trinajstić information content (AvgIpc) is 2.29. The number of para-hydroxylation sites is 1. The highest BCUT2D eigenvalue weighted by Gasteiger charge is 2.15. The van der Waals surface area contributed by atoms with Crippen LogP contribution in [0.4, 0.5) is 5.69 Å². The summed E-state index contributed by atoms with van der Waals surface area (Å²) in [6, 6.07) is 8.07. The van der Waals surface area contributed by atoms with E-state index in [9.17, 15) is 4.79 Å². The molecule has 17 heavy (non-hydrogen) atoms. The summed E-state index contributed by atoms with van der Waals surface area (Å²) in [5.41, 5.74) is 1.77. The molecule has 1 rings (SSSR count). The summed E-state index contributed by atoms with van der Waals surface area (Å²) in [4.78, 5) is 13.8. The molecular weight excluding hydrogens is 214 g/mol. The number of hydrogen-bond acceptors (Lipinski definition) is 3.